The van der Waals surface area contributed by atoms with E-state index in [0.29, 0.717) is 18.3 Å². The van der Waals surface area contributed by atoms with Gasteiger partial charge in [-0.2, -0.15) is 0 Å². The molecule has 2 heterocycles. The first-order chi connectivity index (χ1) is 13.0. The van der Waals surface area contributed by atoms with E-state index in [-0.39, 0.29) is 30.1 Å². The number of carbonyl (C=O) groups excluding carboxylic acids is 2. The molecule has 1 unspecified atom stereocenters. The number of benzene rings is 1. The molecule has 3 atom stereocenters. The van der Waals surface area contributed by atoms with Gasteiger partial charge in [-0.3, -0.25) is 4.79 Å². The van der Waals surface area contributed by atoms with Crippen molar-refractivity contribution in [2.75, 3.05) is 0 Å². The molecule has 2 fully saturated rings. The predicted octanol–water partition coefficient (Wildman–Crippen LogP) is 1.68. The maximum atomic E-state index is 12.6. The molecule has 1 aromatic heterocycles. The summed E-state index contributed by atoms with van der Waals surface area (Å²) in [6.07, 6.45) is 4.00. The Morgan fingerprint density at radius 1 is 1.26 bits per heavy atom. The van der Waals surface area contributed by atoms with Crippen molar-refractivity contribution in [1.82, 2.24) is 30.3 Å². The van der Waals surface area contributed by atoms with Gasteiger partial charge >= 0.3 is 6.03 Å². The highest BCUT2D eigenvalue weighted by molar-refractivity contribution is 5.83. The summed E-state index contributed by atoms with van der Waals surface area (Å²) < 4.78 is 1.77. The van der Waals surface area contributed by atoms with Crippen LogP contribution in [-0.4, -0.2) is 43.7 Å². The normalized spacial score (nSPS) is 23.3. The van der Waals surface area contributed by atoms with Crippen molar-refractivity contribution in [1.29, 1.82) is 0 Å². The highest BCUT2D eigenvalue weighted by atomic mass is 16.2. The van der Waals surface area contributed by atoms with Gasteiger partial charge < -0.3 is 20.1 Å². The van der Waals surface area contributed by atoms with E-state index in [1.165, 1.54) is 0 Å². The van der Waals surface area contributed by atoms with Crippen LogP contribution < -0.4 is 10.6 Å². The molecule has 27 heavy (non-hydrogen) atoms. The summed E-state index contributed by atoms with van der Waals surface area (Å²) in [5.41, 5.74) is 1.06. The van der Waals surface area contributed by atoms with E-state index < -0.39 is 0 Å². The molecule has 0 bridgehead atoms. The van der Waals surface area contributed by atoms with Gasteiger partial charge in [0.2, 0.25) is 5.91 Å². The quantitative estimate of drug-likeness (QED) is 0.840. The largest absolute Gasteiger partial charge is 0.332 e. The highest BCUT2D eigenvalue weighted by Gasteiger charge is 2.47. The number of nitrogens with zero attached hydrogens (tertiary/aromatic N) is 4. The summed E-state index contributed by atoms with van der Waals surface area (Å²) in [7, 11) is 1.83. The van der Waals surface area contributed by atoms with E-state index in [1.807, 2.05) is 49.2 Å². The SMILES string of the molecule is CC(NC(=O)N[C@@H]1CC(=O)N(C2CC2)[C@H]1c1ccccc1)c1nncn1C. The first-order valence-corrected chi connectivity index (χ1v) is 9.31. The van der Waals surface area contributed by atoms with Crippen LogP contribution >= 0.6 is 0 Å². The average Bonchev–Trinajstić information content (AvgIpc) is 3.30. The number of likely N-dealkylation sites (tertiary alicyclic amines) is 1. The van der Waals surface area contributed by atoms with Gasteiger partial charge in [0.25, 0.3) is 0 Å². The maximum absolute atomic E-state index is 12.6. The Morgan fingerprint density at radius 2 is 2.00 bits per heavy atom. The second-order valence-corrected chi connectivity index (χ2v) is 7.34. The zero-order chi connectivity index (χ0) is 19.0. The van der Waals surface area contributed by atoms with E-state index >= 15 is 0 Å². The summed E-state index contributed by atoms with van der Waals surface area (Å²) in [6, 6.07) is 9.27. The number of amides is 3. The van der Waals surface area contributed by atoms with E-state index in [1.54, 1.807) is 10.9 Å². The van der Waals surface area contributed by atoms with E-state index in [2.05, 4.69) is 20.8 Å². The molecular weight excluding hydrogens is 344 g/mol. The van der Waals surface area contributed by atoms with Gasteiger partial charge in [0.15, 0.2) is 5.82 Å². The van der Waals surface area contributed by atoms with Gasteiger partial charge in [-0.15, -0.1) is 10.2 Å². The molecule has 8 nitrogen and oxygen atoms in total. The number of hydrogen-bond donors (Lipinski definition) is 2. The zero-order valence-corrected chi connectivity index (χ0v) is 15.5. The fraction of sp³-hybridized carbons (Fsp3) is 0.474. The van der Waals surface area contributed by atoms with E-state index in [4.69, 9.17) is 0 Å². The monoisotopic (exact) mass is 368 g/mol. The number of urea groups is 1. The van der Waals surface area contributed by atoms with Gasteiger partial charge in [-0.1, -0.05) is 30.3 Å². The summed E-state index contributed by atoms with van der Waals surface area (Å²) in [5, 5.41) is 13.8. The number of aromatic nitrogens is 3. The highest BCUT2D eigenvalue weighted by Crippen LogP contribution is 2.41. The standard InChI is InChI=1S/C19H24N6O2/c1-12(18-23-20-11-24(18)2)21-19(27)22-15-10-16(26)25(14-8-9-14)17(15)13-6-4-3-5-7-13/h3-7,11-12,14-15,17H,8-10H2,1-2H3,(H2,21,22,27)/t12?,15-,17+/m1/s1. The van der Waals surface area contributed by atoms with Crippen LogP contribution in [0.4, 0.5) is 4.79 Å². The molecule has 1 aliphatic heterocycles. The van der Waals surface area contributed by atoms with Crippen LogP contribution in [0.2, 0.25) is 0 Å². The predicted molar refractivity (Wildman–Crippen MR) is 98.5 cm³/mol. The van der Waals surface area contributed by atoms with Crippen LogP contribution in [0, 0.1) is 0 Å². The molecule has 1 aliphatic carbocycles. The van der Waals surface area contributed by atoms with Crippen molar-refractivity contribution < 1.29 is 9.59 Å². The topological polar surface area (TPSA) is 92.2 Å². The van der Waals surface area contributed by atoms with Crippen molar-refractivity contribution in [2.45, 2.75) is 50.4 Å². The van der Waals surface area contributed by atoms with Gasteiger partial charge in [-0.05, 0) is 25.3 Å². The van der Waals surface area contributed by atoms with Gasteiger partial charge in [0, 0.05) is 19.5 Å². The summed E-state index contributed by atoms with van der Waals surface area (Å²) in [4.78, 5) is 27.2. The van der Waals surface area contributed by atoms with Crippen molar-refractivity contribution >= 4 is 11.9 Å². The number of carbonyl (C=O) groups is 2. The van der Waals surface area contributed by atoms with Crippen LogP contribution in [0.1, 0.15) is 49.7 Å². The second-order valence-electron chi connectivity index (χ2n) is 7.34. The molecule has 142 valence electrons. The summed E-state index contributed by atoms with van der Waals surface area (Å²) >= 11 is 0. The van der Waals surface area contributed by atoms with Gasteiger partial charge in [-0.25, -0.2) is 4.79 Å². The van der Waals surface area contributed by atoms with E-state index in [0.717, 1.165) is 18.4 Å². The van der Waals surface area contributed by atoms with Crippen molar-refractivity contribution in [3.63, 3.8) is 0 Å². The molecule has 2 aliphatic rings. The summed E-state index contributed by atoms with van der Waals surface area (Å²) in [5.74, 6) is 0.782. The van der Waals surface area contributed by atoms with Crippen LogP contribution in [-0.2, 0) is 11.8 Å². The van der Waals surface area contributed by atoms with Crippen LogP contribution in [0.15, 0.2) is 36.7 Å². The lowest BCUT2D eigenvalue weighted by Crippen LogP contribution is -2.46. The van der Waals surface area contributed by atoms with Crippen LogP contribution in [0.3, 0.4) is 0 Å². The maximum Gasteiger partial charge on any atom is 0.315 e. The third kappa shape index (κ3) is 3.51. The number of hydrogen-bond acceptors (Lipinski definition) is 4. The second kappa shape index (κ2) is 7.02. The van der Waals surface area contributed by atoms with Gasteiger partial charge in [0.05, 0.1) is 18.1 Å². The molecule has 4 rings (SSSR count). The molecule has 1 saturated heterocycles. The Labute approximate surface area is 158 Å². The fourth-order valence-electron chi connectivity index (χ4n) is 3.87. The van der Waals surface area contributed by atoms with Crippen LogP contribution in [0.5, 0.6) is 0 Å². The first kappa shape index (κ1) is 17.5. The van der Waals surface area contributed by atoms with Crippen molar-refractivity contribution in [3.05, 3.63) is 48.0 Å². The Balaban J connectivity index is 1.49. The van der Waals surface area contributed by atoms with Gasteiger partial charge in [0.1, 0.15) is 6.33 Å². The molecule has 8 heteroatoms. The smallest absolute Gasteiger partial charge is 0.315 e. The Bertz CT molecular complexity index is 832. The molecule has 0 spiro atoms. The first-order valence-electron chi connectivity index (χ1n) is 9.31. The third-order valence-corrected chi connectivity index (χ3v) is 5.24. The van der Waals surface area contributed by atoms with Crippen molar-refractivity contribution in [3.8, 4) is 0 Å². The summed E-state index contributed by atoms with van der Waals surface area (Å²) in [6.45, 7) is 1.86. The Morgan fingerprint density at radius 3 is 2.63 bits per heavy atom. The van der Waals surface area contributed by atoms with Crippen LogP contribution in [0.25, 0.3) is 0 Å². The molecule has 3 amide bonds. The molecule has 1 aromatic carbocycles. The molecule has 1 saturated carbocycles. The number of rotatable bonds is 5. The molecular formula is C19H24N6O2. The lowest BCUT2D eigenvalue weighted by atomic mass is 10.00. The number of nitrogens with one attached hydrogen (secondary N) is 2. The molecule has 2 N–H and O–H groups in total. The van der Waals surface area contributed by atoms with E-state index in [9.17, 15) is 9.59 Å². The third-order valence-electron chi connectivity index (χ3n) is 5.24. The minimum absolute atomic E-state index is 0.109. The Kier molecular flexibility index (Phi) is 4.55. The fourth-order valence-corrected chi connectivity index (χ4v) is 3.87. The minimum Gasteiger partial charge on any atom is -0.332 e. The lowest BCUT2D eigenvalue weighted by Gasteiger charge is -2.29. The van der Waals surface area contributed by atoms with Crippen molar-refractivity contribution in [2.24, 2.45) is 7.05 Å². The minimum atomic E-state index is -0.304. The number of aryl methyl sites for hydroxylation is 1. The lowest BCUT2D eigenvalue weighted by molar-refractivity contribution is -0.129. The average molecular weight is 368 g/mol. The zero-order valence-electron chi connectivity index (χ0n) is 15.5. The molecule has 2 aromatic rings. The molecule has 0 radical (unpaired) electrons. The Hall–Kier alpha value is -2.90.